The van der Waals surface area contributed by atoms with Crippen LogP contribution in [0.15, 0.2) is 48.5 Å². The molecule has 2 aromatic rings. The lowest BCUT2D eigenvalue weighted by Crippen LogP contribution is -2.21. The second-order valence-electron chi connectivity index (χ2n) is 5.84. The lowest BCUT2D eigenvalue weighted by molar-refractivity contribution is 0.449. The molecule has 0 aliphatic rings. The summed E-state index contributed by atoms with van der Waals surface area (Å²) in [6.07, 6.45) is 1.08. The van der Waals surface area contributed by atoms with Gasteiger partial charge in [0.2, 0.25) is 0 Å². The zero-order chi connectivity index (χ0) is 15.2. The number of aryl methyl sites for hydroxylation is 1. The van der Waals surface area contributed by atoms with Crippen molar-refractivity contribution in [1.29, 1.82) is 0 Å². The number of hydrogen-bond acceptors (Lipinski definition) is 2. The van der Waals surface area contributed by atoms with Gasteiger partial charge in [-0.2, -0.15) is 0 Å². The number of nitrogens with one attached hydrogen (secondary N) is 1. The number of aromatic hydroxyl groups is 1. The summed E-state index contributed by atoms with van der Waals surface area (Å²) < 4.78 is 0. The molecule has 2 nitrogen and oxygen atoms in total. The van der Waals surface area contributed by atoms with Gasteiger partial charge in [0.1, 0.15) is 5.75 Å². The quantitative estimate of drug-likeness (QED) is 0.815. The summed E-state index contributed by atoms with van der Waals surface area (Å²) in [5.41, 5.74) is 3.53. The second-order valence-corrected chi connectivity index (χ2v) is 5.84. The lowest BCUT2D eigenvalue weighted by Gasteiger charge is -2.18. The zero-order valence-electron chi connectivity index (χ0n) is 13.1. The summed E-state index contributed by atoms with van der Waals surface area (Å²) >= 11 is 0. The number of benzene rings is 2. The molecular weight excluding hydrogens is 258 g/mol. The monoisotopic (exact) mass is 283 g/mol. The molecule has 0 saturated heterocycles. The van der Waals surface area contributed by atoms with Gasteiger partial charge < -0.3 is 10.4 Å². The van der Waals surface area contributed by atoms with Crippen molar-refractivity contribution in [1.82, 2.24) is 5.32 Å². The molecule has 2 atom stereocenters. The Morgan fingerprint density at radius 1 is 1.05 bits per heavy atom. The van der Waals surface area contributed by atoms with Crippen molar-refractivity contribution >= 4 is 0 Å². The molecule has 2 rings (SSSR count). The van der Waals surface area contributed by atoms with Gasteiger partial charge in [-0.25, -0.2) is 0 Å². The van der Waals surface area contributed by atoms with Gasteiger partial charge in [-0.05, 0) is 44.4 Å². The molecule has 2 unspecified atom stereocenters. The Morgan fingerprint density at radius 3 is 2.48 bits per heavy atom. The van der Waals surface area contributed by atoms with Crippen molar-refractivity contribution < 1.29 is 5.11 Å². The van der Waals surface area contributed by atoms with Crippen molar-refractivity contribution in [2.45, 2.75) is 39.2 Å². The Balaban J connectivity index is 1.87. The van der Waals surface area contributed by atoms with Crippen LogP contribution in [0.25, 0.3) is 0 Å². The van der Waals surface area contributed by atoms with Crippen LogP contribution >= 0.6 is 0 Å². The van der Waals surface area contributed by atoms with Gasteiger partial charge in [0.15, 0.2) is 0 Å². The summed E-state index contributed by atoms with van der Waals surface area (Å²) in [7, 11) is 0. The van der Waals surface area contributed by atoms with E-state index in [1.54, 1.807) is 6.07 Å². The minimum absolute atomic E-state index is 0.160. The third-order valence-corrected chi connectivity index (χ3v) is 4.05. The van der Waals surface area contributed by atoms with E-state index in [0.29, 0.717) is 11.7 Å². The first-order valence-corrected chi connectivity index (χ1v) is 7.65. The van der Waals surface area contributed by atoms with Crippen LogP contribution < -0.4 is 5.32 Å². The number of phenolic OH excluding ortho intramolecular Hbond substituents is 1. The highest BCUT2D eigenvalue weighted by Gasteiger charge is 2.11. The van der Waals surface area contributed by atoms with Crippen molar-refractivity contribution in [3.63, 3.8) is 0 Å². The van der Waals surface area contributed by atoms with E-state index in [1.165, 1.54) is 11.1 Å². The molecule has 0 bridgehead atoms. The summed E-state index contributed by atoms with van der Waals surface area (Å²) in [4.78, 5) is 0. The van der Waals surface area contributed by atoms with Gasteiger partial charge in [-0.3, -0.25) is 0 Å². The SMILES string of the molecule is Cc1ccc(O)c(C(C)NCCC(C)c2ccccc2)c1. The number of hydrogen-bond donors (Lipinski definition) is 2. The topological polar surface area (TPSA) is 32.3 Å². The molecule has 0 spiro atoms. The molecule has 0 fully saturated rings. The van der Waals surface area contributed by atoms with Crippen LogP contribution in [0, 0.1) is 6.92 Å². The third kappa shape index (κ3) is 4.33. The predicted octanol–water partition coefficient (Wildman–Crippen LogP) is 4.55. The van der Waals surface area contributed by atoms with E-state index in [9.17, 15) is 5.11 Å². The van der Waals surface area contributed by atoms with Crippen LogP contribution in [0.2, 0.25) is 0 Å². The Hall–Kier alpha value is -1.80. The zero-order valence-corrected chi connectivity index (χ0v) is 13.1. The van der Waals surface area contributed by atoms with Crippen molar-refractivity contribution in [3.8, 4) is 5.75 Å². The predicted molar refractivity (Wildman–Crippen MR) is 88.7 cm³/mol. The second kappa shape index (κ2) is 7.28. The summed E-state index contributed by atoms with van der Waals surface area (Å²) in [6, 6.07) is 16.5. The molecule has 0 heterocycles. The van der Waals surface area contributed by atoms with Crippen molar-refractivity contribution in [2.75, 3.05) is 6.54 Å². The molecule has 0 aliphatic carbocycles. The molecule has 0 aromatic heterocycles. The van der Waals surface area contributed by atoms with Gasteiger partial charge in [0.25, 0.3) is 0 Å². The van der Waals surface area contributed by atoms with E-state index in [0.717, 1.165) is 18.5 Å². The molecule has 2 aromatic carbocycles. The lowest BCUT2D eigenvalue weighted by atomic mass is 9.97. The van der Waals surface area contributed by atoms with E-state index < -0.39 is 0 Å². The molecule has 0 radical (unpaired) electrons. The first-order chi connectivity index (χ1) is 10.1. The Kier molecular flexibility index (Phi) is 5.40. The average molecular weight is 283 g/mol. The summed E-state index contributed by atoms with van der Waals surface area (Å²) in [6.45, 7) is 7.34. The first kappa shape index (κ1) is 15.6. The molecule has 0 aliphatic heterocycles. The van der Waals surface area contributed by atoms with Crippen LogP contribution in [0.5, 0.6) is 5.75 Å². The maximum absolute atomic E-state index is 9.95. The fourth-order valence-electron chi connectivity index (χ4n) is 2.60. The highest BCUT2D eigenvalue weighted by Crippen LogP contribution is 2.25. The largest absolute Gasteiger partial charge is 0.508 e. The van der Waals surface area contributed by atoms with Gasteiger partial charge in [-0.1, -0.05) is 55.0 Å². The highest BCUT2D eigenvalue weighted by atomic mass is 16.3. The summed E-state index contributed by atoms with van der Waals surface area (Å²) in [5, 5.41) is 13.5. The fourth-order valence-corrected chi connectivity index (χ4v) is 2.60. The molecule has 112 valence electrons. The standard InChI is InChI=1S/C19H25NO/c1-14-9-10-19(21)18(13-14)16(3)20-12-11-15(2)17-7-5-4-6-8-17/h4-10,13,15-16,20-21H,11-12H2,1-3H3. The van der Waals surface area contributed by atoms with E-state index in [4.69, 9.17) is 0 Å². The van der Waals surface area contributed by atoms with E-state index in [1.807, 2.05) is 19.1 Å². The molecule has 2 N–H and O–H groups in total. The maximum atomic E-state index is 9.95. The fraction of sp³-hybridized carbons (Fsp3) is 0.368. The van der Waals surface area contributed by atoms with Crippen molar-refractivity contribution in [2.24, 2.45) is 0 Å². The highest BCUT2D eigenvalue weighted by molar-refractivity contribution is 5.37. The van der Waals surface area contributed by atoms with Gasteiger partial charge in [0, 0.05) is 11.6 Å². The van der Waals surface area contributed by atoms with E-state index in [-0.39, 0.29) is 6.04 Å². The summed E-state index contributed by atoms with van der Waals surface area (Å²) in [5.74, 6) is 0.911. The first-order valence-electron chi connectivity index (χ1n) is 7.65. The van der Waals surface area contributed by atoms with Crippen LogP contribution in [-0.2, 0) is 0 Å². The Morgan fingerprint density at radius 2 is 1.76 bits per heavy atom. The van der Waals surface area contributed by atoms with E-state index >= 15 is 0 Å². The van der Waals surface area contributed by atoms with Gasteiger partial charge in [-0.15, -0.1) is 0 Å². The van der Waals surface area contributed by atoms with Crippen molar-refractivity contribution in [3.05, 3.63) is 65.2 Å². The molecule has 0 amide bonds. The molecule has 21 heavy (non-hydrogen) atoms. The van der Waals surface area contributed by atoms with Crippen LogP contribution in [0.1, 0.15) is 48.9 Å². The minimum Gasteiger partial charge on any atom is -0.508 e. The maximum Gasteiger partial charge on any atom is 0.120 e. The van der Waals surface area contributed by atoms with Gasteiger partial charge in [0.05, 0.1) is 0 Å². The third-order valence-electron chi connectivity index (χ3n) is 4.05. The normalized spacial score (nSPS) is 13.9. The van der Waals surface area contributed by atoms with Gasteiger partial charge >= 0.3 is 0 Å². The number of rotatable bonds is 6. The Labute approximate surface area is 127 Å². The van der Waals surface area contributed by atoms with Crippen LogP contribution in [0.4, 0.5) is 0 Å². The minimum atomic E-state index is 0.160. The molecule has 2 heteroatoms. The Bertz CT molecular complexity index is 565. The average Bonchev–Trinajstić information content (AvgIpc) is 2.50. The van der Waals surface area contributed by atoms with Crippen LogP contribution in [-0.4, -0.2) is 11.7 Å². The number of phenols is 1. The molecule has 0 saturated carbocycles. The smallest absolute Gasteiger partial charge is 0.120 e. The molecular formula is C19H25NO. The van der Waals surface area contributed by atoms with E-state index in [2.05, 4.69) is 49.5 Å². The van der Waals surface area contributed by atoms with Crippen LogP contribution in [0.3, 0.4) is 0 Å².